The Morgan fingerprint density at radius 3 is 2.23 bits per heavy atom. The van der Waals surface area contributed by atoms with E-state index in [2.05, 4.69) is 5.32 Å². The maximum absolute atomic E-state index is 13.3. The Morgan fingerprint density at radius 2 is 1.57 bits per heavy atom. The summed E-state index contributed by atoms with van der Waals surface area (Å²) < 4.78 is 7.04. The highest BCUT2D eigenvalue weighted by Gasteiger charge is 2.25. The summed E-state index contributed by atoms with van der Waals surface area (Å²) in [5, 5.41) is 7.68. The summed E-state index contributed by atoms with van der Waals surface area (Å²) in [6, 6.07) is 28.0. The minimum atomic E-state index is -0.321. The van der Waals surface area contributed by atoms with Crippen LogP contribution in [0.1, 0.15) is 24.2 Å². The standard InChI is InChI=1S/C28H28N4O3/c1-20(2)31(28(34)23-16-10-11-17-25(23)35-3)19-27(33)29-26-18-24(21-12-6-4-7-13-21)30-32(26)22-14-8-5-9-15-22/h4-18,20H,19H2,1-3H3,(H,29,33). The molecule has 0 saturated carbocycles. The van der Waals surface area contributed by atoms with Crippen LogP contribution in [0.4, 0.5) is 5.82 Å². The molecule has 35 heavy (non-hydrogen) atoms. The first-order chi connectivity index (χ1) is 17.0. The van der Waals surface area contributed by atoms with Gasteiger partial charge < -0.3 is 15.0 Å². The van der Waals surface area contributed by atoms with E-state index in [1.807, 2.05) is 80.6 Å². The van der Waals surface area contributed by atoms with Crippen LogP contribution in [0.5, 0.6) is 5.75 Å². The van der Waals surface area contributed by atoms with Gasteiger partial charge in [0.15, 0.2) is 0 Å². The molecule has 1 heterocycles. The number of nitrogens with zero attached hydrogens (tertiary/aromatic N) is 3. The van der Waals surface area contributed by atoms with Crippen LogP contribution in [-0.4, -0.2) is 46.2 Å². The number of amides is 2. The molecule has 0 saturated heterocycles. The molecular formula is C28H28N4O3. The molecule has 4 rings (SSSR count). The summed E-state index contributed by atoms with van der Waals surface area (Å²) in [6.45, 7) is 3.64. The maximum Gasteiger partial charge on any atom is 0.258 e. The molecule has 0 unspecified atom stereocenters. The Labute approximate surface area is 205 Å². The minimum Gasteiger partial charge on any atom is -0.496 e. The van der Waals surface area contributed by atoms with Crippen molar-refractivity contribution in [3.8, 4) is 22.7 Å². The fourth-order valence-electron chi connectivity index (χ4n) is 3.79. The lowest BCUT2D eigenvalue weighted by Gasteiger charge is -2.27. The Kier molecular flexibility index (Phi) is 7.26. The van der Waals surface area contributed by atoms with Crippen molar-refractivity contribution in [3.63, 3.8) is 0 Å². The minimum absolute atomic E-state index is 0.116. The molecule has 3 aromatic carbocycles. The molecule has 0 bridgehead atoms. The first-order valence-electron chi connectivity index (χ1n) is 11.4. The van der Waals surface area contributed by atoms with E-state index in [1.165, 1.54) is 12.0 Å². The zero-order valence-corrected chi connectivity index (χ0v) is 20.0. The Morgan fingerprint density at radius 1 is 0.943 bits per heavy atom. The summed E-state index contributed by atoms with van der Waals surface area (Å²) in [6.07, 6.45) is 0. The van der Waals surface area contributed by atoms with Crippen LogP contribution in [-0.2, 0) is 4.79 Å². The number of hydrogen-bond acceptors (Lipinski definition) is 4. The molecule has 0 aliphatic rings. The van der Waals surface area contributed by atoms with Crippen molar-refractivity contribution < 1.29 is 14.3 Å². The highest BCUT2D eigenvalue weighted by molar-refractivity contribution is 6.01. The molecule has 4 aromatic rings. The predicted molar refractivity (Wildman–Crippen MR) is 137 cm³/mol. The summed E-state index contributed by atoms with van der Waals surface area (Å²) in [4.78, 5) is 28.0. The number of methoxy groups -OCH3 is 1. The average Bonchev–Trinajstić information content (AvgIpc) is 3.31. The molecule has 0 aliphatic carbocycles. The number of benzene rings is 3. The van der Waals surface area contributed by atoms with Gasteiger partial charge >= 0.3 is 0 Å². The third-order valence-corrected chi connectivity index (χ3v) is 5.58. The molecule has 178 valence electrons. The second-order valence-electron chi connectivity index (χ2n) is 8.30. The molecule has 0 atom stereocenters. The van der Waals surface area contributed by atoms with Gasteiger partial charge in [0.25, 0.3) is 5.91 Å². The van der Waals surface area contributed by atoms with Gasteiger partial charge in [0.2, 0.25) is 5.91 Å². The van der Waals surface area contributed by atoms with E-state index in [9.17, 15) is 9.59 Å². The highest BCUT2D eigenvalue weighted by Crippen LogP contribution is 2.25. The van der Waals surface area contributed by atoms with E-state index >= 15 is 0 Å². The highest BCUT2D eigenvalue weighted by atomic mass is 16.5. The Bertz CT molecular complexity index is 1300. The first-order valence-corrected chi connectivity index (χ1v) is 11.4. The summed E-state index contributed by atoms with van der Waals surface area (Å²) >= 11 is 0. The van der Waals surface area contributed by atoms with Crippen molar-refractivity contribution in [2.45, 2.75) is 19.9 Å². The van der Waals surface area contributed by atoms with Gasteiger partial charge in [0.05, 0.1) is 24.1 Å². The van der Waals surface area contributed by atoms with Gasteiger partial charge in [-0.3, -0.25) is 9.59 Å². The Hall–Kier alpha value is -4.39. The molecule has 1 aromatic heterocycles. The van der Waals surface area contributed by atoms with E-state index in [1.54, 1.807) is 28.9 Å². The summed E-state index contributed by atoms with van der Waals surface area (Å²) in [7, 11) is 1.52. The van der Waals surface area contributed by atoms with Crippen LogP contribution in [0.15, 0.2) is 91.0 Å². The molecule has 0 radical (unpaired) electrons. The molecule has 0 spiro atoms. The van der Waals surface area contributed by atoms with E-state index in [4.69, 9.17) is 9.84 Å². The first kappa shape index (κ1) is 23.8. The van der Waals surface area contributed by atoms with E-state index in [-0.39, 0.29) is 24.4 Å². The molecule has 1 N–H and O–H groups in total. The van der Waals surface area contributed by atoms with Gasteiger partial charge in [0, 0.05) is 17.7 Å². The van der Waals surface area contributed by atoms with Gasteiger partial charge in [0.1, 0.15) is 18.1 Å². The van der Waals surface area contributed by atoms with Crippen LogP contribution in [0.3, 0.4) is 0 Å². The fraction of sp³-hybridized carbons (Fsp3) is 0.179. The van der Waals surface area contributed by atoms with Crippen molar-refractivity contribution in [1.82, 2.24) is 14.7 Å². The maximum atomic E-state index is 13.3. The number of aromatic nitrogens is 2. The third kappa shape index (κ3) is 5.41. The van der Waals surface area contributed by atoms with Crippen LogP contribution in [0, 0.1) is 0 Å². The zero-order chi connectivity index (χ0) is 24.8. The van der Waals surface area contributed by atoms with E-state index < -0.39 is 0 Å². The van der Waals surface area contributed by atoms with E-state index in [0.29, 0.717) is 17.1 Å². The molecule has 7 nitrogen and oxygen atoms in total. The predicted octanol–water partition coefficient (Wildman–Crippen LogP) is 5.04. The van der Waals surface area contributed by atoms with Gasteiger partial charge in [-0.15, -0.1) is 0 Å². The van der Waals surface area contributed by atoms with Gasteiger partial charge in [-0.05, 0) is 38.1 Å². The number of hydrogen-bond donors (Lipinski definition) is 1. The quantitative estimate of drug-likeness (QED) is 0.393. The van der Waals surface area contributed by atoms with Gasteiger partial charge in [-0.25, -0.2) is 4.68 Å². The lowest BCUT2D eigenvalue weighted by atomic mass is 10.1. The van der Waals surface area contributed by atoms with Crippen LogP contribution < -0.4 is 10.1 Å². The van der Waals surface area contributed by atoms with Gasteiger partial charge in [-0.1, -0.05) is 60.7 Å². The third-order valence-electron chi connectivity index (χ3n) is 5.58. The lowest BCUT2D eigenvalue weighted by Crippen LogP contribution is -2.42. The molecule has 2 amide bonds. The number of anilines is 1. The number of nitrogens with one attached hydrogen (secondary N) is 1. The van der Waals surface area contributed by atoms with Crippen LogP contribution >= 0.6 is 0 Å². The number of rotatable bonds is 8. The van der Waals surface area contributed by atoms with Crippen molar-refractivity contribution in [2.75, 3.05) is 19.0 Å². The van der Waals surface area contributed by atoms with Crippen LogP contribution in [0.25, 0.3) is 16.9 Å². The van der Waals surface area contributed by atoms with E-state index in [0.717, 1.165) is 16.9 Å². The molecular weight excluding hydrogens is 440 g/mol. The number of ether oxygens (including phenoxy) is 1. The second-order valence-corrected chi connectivity index (χ2v) is 8.30. The average molecular weight is 469 g/mol. The van der Waals surface area contributed by atoms with Crippen LogP contribution in [0.2, 0.25) is 0 Å². The molecule has 0 fully saturated rings. The van der Waals surface area contributed by atoms with Gasteiger partial charge in [-0.2, -0.15) is 5.10 Å². The number of carbonyl (C=O) groups is 2. The SMILES string of the molecule is COc1ccccc1C(=O)N(CC(=O)Nc1cc(-c2ccccc2)nn1-c1ccccc1)C(C)C. The smallest absolute Gasteiger partial charge is 0.258 e. The summed E-state index contributed by atoms with van der Waals surface area (Å²) in [5.74, 6) is 0.402. The number of carbonyl (C=O) groups excluding carboxylic acids is 2. The van der Waals surface area contributed by atoms with Crippen molar-refractivity contribution in [3.05, 3.63) is 96.6 Å². The topological polar surface area (TPSA) is 76.5 Å². The number of para-hydroxylation sites is 2. The monoisotopic (exact) mass is 468 g/mol. The lowest BCUT2D eigenvalue weighted by molar-refractivity contribution is -0.117. The van der Waals surface area contributed by atoms with Crippen molar-refractivity contribution in [1.29, 1.82) is 0 Å². The summed E-state index contributed by atoms with van der Waals surface area (Å²) in [5.41, 5.74) is 2.90. The van der Waals surface area contributed by atoms with Crippen molar-refractivity contribution >= 4 is 17.6 Å². The second kappa shape index (κ2) is 10.7. The normalized spacial score (nSPS) is 10.7. The molecule has 0 aliphatic heterocycles. The largest absolute Gasteiger partial charge is 0.496 e. The fourth-order valence-corrected chi connectivity index (χ4v) is 3.79. The zero-order valence-electron chi connectivity index (χ0n) is 20.0. The molecule has 7 heteroatoms. The Balaban J connectivity index is 1.61. The van der Waals surface area contributed by atoms with Crippen molar-refractivity contribution in [2.24, 2.45) is 0 Å².